The lowest BCUT2D eigenvalue weighted by Crippen LogP contribution is -1.98. The van der Waals surface area contributed by atoms with Crippen molar-refractivity contribution in [2.24, 2.45) is 0 Å². The molecule has 0 saturated carbocycles. The van der Waals surface area contributed by atoms with Crippen LogP contribution in [0.3, 0.4) is 0 Å². The molecule has 0 bridgehead atoms. The standard InChI is InChI=1S/C12H9ClN2O3/c13-12-3-1-2-9(14-12)8-18-11-6-4-10(5-7-11)15(16)17/h1-7H,8H2. The first-order chi connectivity index (χ1) is 8.65. The van der Waals surface area contributed by atoms with Crippen LogP contribution in [0.25, 0.3) is 0 Å². The SMILES string of the molecule is O=[N+]([O-])c1ccc(OCc2cccc(Cl)n2)cc1. The summed E-state index contributed by atoms with van der Waals surface area (Å²) < 4.78 is 5.44. The molecule has 5 nitrogen and oxygen atoms in total. The summed E-state index contributed by atoms with van der Waals surface area (Å²) in [4.78, 5) is 14.1. The number of ether oxygens (including phenoxy) is 1. The van der Waals surface area contributed by atoms with Crippen molar-refractivity contribution in [1.82, 2.24) is 4.98 Å². The zero-order chi connectivity index (χ0) is 13.0. The first-order valence-electron chi connectivity index (χ1n) is 5.14. The van der Waals surface area contributed by atoms with Crippen LogP contribution in [0, 0.1) is 10.1 Å². The van der Waals surface area contributed by atoms with Gasteiger partial charge in [-0.1, -0.05) is 17.7 Å². The van der Waals surface area contributed by atoms with E-state index in [-0.39, 0.29) is 12.3 Å². The van der Waals surface area contributed by atoms with Gasteiger partial charge in [0.05, 0.1) is 10.6 Å². The molecule has 0 amide bonds. The maximum absolute atomic E-state index is 10.5. The number of nitrogens with zero attached hydrogens (tertiary/aromatic N) is 2. The summed E-state index contributed by atoms with van der Waals surface area (Å²) in [5.74, 6) is 0.544. The van der Waals surface area contributed by atoms with Crippen LogP contribution in [-0.4, -0.2) is 9.91 Å². The van der Waals surface area contributed by atoms with E-state index in [0.717, 1.165) is 0 Å². The van der Waals surface area contributed by atoms with Gasteiger partial charge in [-0.2, -0.15) is 0 Å². The molecule has 0 aliphatic carbocycles. The molecular weight excluding hydrogens is 256 g/mol. The van der Waals surface area contributed by atoms with Gasteiger partial charge in [-0.3, -0.25) is 10.1 Å². The molecule has 0 fully saturated rings. The minimum atomic E-state index is -0.456. The first-order valence-corrected chi connectivity index (χ1v) is 5.51. The van der Waals surface area contributed by atoms with Gasteiger partial charge < -0.3 is 4.74 Å². The average molecular weight is 265 g/mol. The Morgan fingerprint density at radius 3 is 2.56 bits per heavy atom. The number of nitro groups is 1. The molecule has 1 aromatic carbocycles. The highest BCUT2D eigenvalue weighted by Gasteiger charge is 2.04. The smallest absolute Gasteiger partial charge is 0.269 e. The van der Waals surface area contributed by atoms with Crippen LogP contribution >= 0.6 is 11.6 Å². The average Bonchev–Trinajstić information content (AvgIpc) is 2.37. The molecule has 0 aliphatic rings. The van der Waals surface area contributed by atoms with Crippen molar-refractivity contribution in [3.8, 4) is 5.75 Å². The second kappa shape index (κ2) is 5.46. The maximum atomic E-state index is 10.5. The second-order valence-corrected chi connectivity index (χ2v) is 3.88. The molecular formula is C12H9ClN2O3. The molecule has 6 heteroatoms. The highest BCUT2D eigenvalue weighted by atomic mass is 35.5. The van der Waals surface area contributed by atoms with Crippen LogP contribution in [0.15, 0.2) is 42.5 Å². The molecule has 1 aromatic heterocycles. The lowest BCUT2D eigenvalue weighted by Gasteiger charge is -2.05. The molecule has 0 atom stereocenters. The lowest BCUT2D eigenvalue weighted by molar-refractivity contribution is -0.384. The first kappa shape index (κ1) is 12.3. The molecule has 92 valence electrons. The van der Waals surface area contributed by atoms with Gasteiger partial charge in [0.25, 0.3) is 5.69 Å². The van der Waals surface area contributed by atoms with E-state index in [1.807, 2.05) is 0 Å². The van der Waals surface area contributed by atoms with Gasteiger partial charge in [0.15, 0.2) is 0 Å². The van der Waals surface area contributed by atoms with Gasteiger partial charge in [0.1, 0.15) is 17.5 Å². The highest BCUT2D eigenvalue weighted by molar-refractivity contribution is 6.29. The predicted molar refractivity (Wildman–Crippen MR) is 66.7 cm³/mol. The number of non-ortho nitro benzene ring substituents is 1. The lowest BCUT2D eigenvalue weighted by atomic mass is 10.3. The maximum Gasteiger partial charge on any atom is 0.269 e. The summed E-state index contributed by atoms with van der Waals surface area (Å²) in [6, 6.07) is 11.1. The van der Waals surface area contributed by atoms with Gasteiger partial charge in [0, 0.05) is 12.1 Å². The second-order valence-electron chi connectivity index (χ2n) is 3.49. The zero-order valence-corrected chi connectivity index (χ0v) is 10.0. The van der Waals surface area contributed by atoms with Crippen LogP contribution in [0.2, 0.25) is 5.15 Å². The molecule has 2 rings (SSSR count). The van der Waals surface area contributed by atoms with Gasteiger partial charge in [-0.25, -0.2) is 4.98 Å². The third kappa shape index (κ3) is 3.18. The van der Waals surface area contributed by atoms with Crippen molar-refractivity contribution in [2.75, 3.05) is 0 Å². The number of benzene rings is 1. The van der Waals surface area contributed by atoms with E-state index in [9.17, 15) is 10.1 Å². The number of aromatic nitrogens is 1. The number of hydrogen-bond acceptors (Lipinski definition) is 4. The summed E-state index contributed by atoms with van der Waals surface area (Å²) >= 11 is 5.74. The quantitative estimate of drug-likeness (QED) is 0.483. The largest absolute Gasteiger partial charge is 0.487 e. The normalized spacial score (nSPS) is 10.1. The van der Waals surface area contributed by atoms with E-state index in [0.29, 0.717) is 16.6 Å². The van der Waals surface area contributed by atoms with E-state index in [4.69, 9.17) is 16.3 Å². The van der Waals surface area contributed by atoms with Crippen molar-refractivity contribution in [1.29, 1.82) is 0 Å². The number of halogens is 1. The molecule has 0 aliphatic heterocycles. The van der Waals surface area contributed by atoms with Crippen LogP contribution in [0.1, 0.15) is 5.69 Å². The van der Waals surface area contributed by atoms with Crippen molar-refractivity contribution in [3.05, 3.63) is 63.4 Å². The molecule has 0 saturated heterocycles. The minimum Gasteiger partial charge on any atom is -0.487 e. The van der Waals surface area contributed by atoms with Gasteiger partial charge >= 0.3 is 0 Å². The Morgan fingerprint density at radius 1 is 1.22 bits per heavy atom. The third-order valence-electron chi connectivity index (χ3n) is 2.21. The van der Waals surface area contributed by atoms with E-state index >= 15 is 0 Å². The van der Waals surface area contributed by atoms with Crippen LogP contribution < -0.4 is 4.74 Å². The van der Waals surface area contributed by atoms with Gasteiger partial charge in [-0.15, -0.1) is 0 Å². The fraction of sp³-hybridized carbons (Fsp3) is 0.0833. The molecule has 0 spiro atoms. The molecule has 18 heavy (non-hydrogen) atoms. The Morgan fingerprint density at radius 2 is 1.94 bits per heavy atom. The molecule has 2 aromatic rings. The monoisotopic (exact) mass is 264 g/mol. The van der Waals surface area contributed by atoms with E-state index in [1.165, 1.54) is 12.1 Å². The Labute approximate surface area is 108 Å². The Hall–Kier alpha value is -2.14. The van der Waals surface area contributed by atoms with Crippen molar-refractivity contribution < 1.29 is 9.66 Å². The van der Waals surface area contributed by atoms with Crippen molar-refractivity contribution >= 4 is 17.3 Å². The number of hydrogen-bond donors (Lipinski definition) is 0. The molecule has 0 radical (unpaired) electrons. The zero-order valence-electron chi connectivity index (χ0n) is 9.25. The highest BCUT2D eigenvalue weighted by Crippen LogP contribution is 2.18. The summed E-state index contributed by atoms with van der Waals surface area (Å²) in [7, 11) is 0. The number of rotatable bonds is 4. The van der Waals surface area contributed by atoms with Gasteiger partial charge in [0.2, 0.25) is 0 Å². The number of pyridine rings is 1. The van der Waals surface area contributed by atoms with E-state index in [1.54, 1.807) is 30.3 Å². The van der Waals surface area contributed by atoms with Gasteiger partial charge in [-0.05, 0) is 24.3 Å². The van der Waals surface area contributed by atoms with Crippen LogP contribution in [-0.2, 0) is 6.61 Å². The van der Waals surface area contributed by atoms with Crippen molar-refractivity contribution in [2.45, 2.75) is 6.61 Å². The molecule has 0 unspecified atom stereocenters. The minimum absolute atomic E-state index is 0.0308. The summed E-state index contributed by atoms with van der Waals surface area (Å²) in [6.45, 7) is 0.262. The van der Waals surface area contributed by atoms with E-state index < -0.39 is 4.92 Å². The summed E-state index contributed by atoms with van der Waals surface area (Å²) in [6.07, 6.45) is 0. The van der Waals surface area contributed by atoms with Crippen molar-refractivity contribution in [3.63, 3.8) is 0 Å². The molecule has 0 N–H and O–H groups in total. The topological polar surface area (TPSA) is 65.3 Å². The fourth-order valence-electron chi connectivity index (χ4n) is 1.35. The Bertz CT molecular complexity index is 558. The summed E-state index contributed by atoms with van der Waals surface area (Å²) in [5, 5.41) is 10.9. The predicted octanol–water partition coefficient (Wildman–Crippen LogP) is 3.22. The Balaban J connectivity index is 2.00. The van der Waals surface area contributed by atoms with E-state index in [2.05, 4.69) is 4.98 Å². The fourth-order valence-corrected chi connectivity index (χ4v) is 1.53. The number of nitro benzene ring substituents is 1. The summed E-state index contributed by atoms with van der Waals surface area (Å²) in [5.41, 5.74) is 0.726. The Kier molecular flexibility index (Phi) is 3.74. The van der Waals surface area contributed by atoms with Crippen LogP contribution in [0.5, 0.6) is 5.75 Å². The molecule has 1 heterocycles. The third-order valence-corrected chi connectivity index (χ3v) is 2.42. The van der Waals surface area contributed by atoms with Crippen LogP contribution in [0.4, 0.5) is 5.69 Å².